The van der Waals surface area contributed by atoms with E-state index in [2.05, 4.69) is 0 Å². The summed E-state index contributed by atoms with van der Waals surface area (Å²) in [4.78, 5) is 12.6. The van der Waals surface area contributed by atoms with E-state index < -0.39 is 33.3 Å². The molecule has 0 unspecified atom stereocenters. The molecule has 0 atom stereocenters. The van der Waals surface area contributed by atoms with Crippen molar-refractivity contribution in [3.8, 4) is 11.5 Å². The fourth-order valence-corrected chi connectivity index (χ4v) is 5.28. The van der Waals surface area contributed by atoms with Gasteiger partial charge in [-0.15, -0.1) is 0 Å². The fraction of sp³-hybridized carbons (Fsp3) is 0.480. The van der Waals surface area contributed by atoms with Gasteiger partial charge in [0.1, 0.15) is 11.4 Å². The molecule has 34 heavy (non-hydrogen) atoms. The van der Waals surface area contributed by atoms with Gasteiger partial charge in [-0.3, -0.25) is 4.55 Å². The minimum Gasteiger partial charge on any atom is -0.484 e. The molecule has 0 amide bonds. The van der Waals surface area contributed by atoms with Gasteiger partial charge in [0, 0.05) is 0 Å². The Morgan fingerprint density at radius 3 is 2.18 bits per heavy atom. The predicted molar refractivity (Wildman–Crippen MR) is 123 cm³/mol. The van der Waals surface area contributed by atoms with Crippen molar-refractivity contribution >= 4 is 16.1 Å². The number of carbonyl (C=O) groups excluding carboxylic acids is 1. The second-order valence-corrected chi connectivity index (χ2v) is 10.9. The number of rotatable bonds is 7. The third-order valence-corrected chi connectivity index (χ3v) is 7.37. The van der Waals surface area contributed by atoms with Crippen molar-refractivity contribution in [3.05, 3.63) is 52.6 Å². The highest BCUT2D eigenvalue weighted by Crippen LogP contribution is 2.41. The van der Waals surface area contributed by atoms with E-state index >= 15 is 0 Å². The van der Waals surface area contributed by atoms with Crippen molar-refractivity contribution < 1.29 is 36.0 Å². The van der Waals surface area contributed by atoms with E-state index in [0.717, 1.165) is 25.0 Å². The number of hydrogen-bond acceptors (Lipinski definition) is 5. The third-order valence-electron chi connectivity index (χ3n) is 6.46. The summed E-state index contributed by atoms with van der Waals surface area (Å²) >= 11 is 0. The Morgan fingerprint density at radius 2 is 1.65 bits per heavy atom. The quantitative estimate of drug-likeness (QED) is 0.278. The molecule has 1 fully saturated rings. The minimum atomic E-state index is -4.49. The Hall–Kier alpha value is -2.52. The molecule has 0 heterocycles. The van der Waals surface area contributed by atoms with Crippen molar-refractivity contribution in [1.82, 2.24) is 0 Å². The average molecular weight is 497 g/mol. The monoisotopic (exact) mass is 496 g/mol. The van der Waals surface area contributed by atoms with Crippen LogP contribution in [0, 0.1) is 24.5 Å². The van der Waals surface area contributed by atoms with Gasteiger partial charge < -0.3 is 9.47 Å². The Kier molecular flexibility index (Phi) is 7.38. The van der Waals surface area contributed by atoms with Gasteiger partial charge in [0.15, 0.2) is 11.6 Å². The second kappa shape index (κ2) is 9.62. The summed E-state index contributed by atoms with van der Waals surface area (Å²) in [5, 5.41) is 0. The van der Waals surface area contributed by atoms with Crippen LogP contribution in [0.5, 0.6) is 11.5 Å². The van der Waals surface area contributed by atoms with Gasteiger partial charge >= 0.3 is 5.97 Å². The Balaban J connectivity index is 1.96. The highest BCUT2D eigenvalue weighted by Gasteiger charge is 2.40. The average Bonchev–Trinajstić information content (AvgIpc) is 3.21. The normalized spacial score (nSPS) is 15.7. The Labute approximate surface area is 199 Å². The lowest BCUT2D eigenvalue weighted by Crippen LogP contribution is -2.38. The molecule has 1 N–H and O–H groups in total. The van der Waals surface area contributed by atoms with E-state index in [0.29, 0.717) is 12.8 Å². The first-order valence-corrected chi connectivity index (χ1v) is 12.7. The van der Waals surface area contributed by atoms with E-state index in [1.165, 1.54) is 19.1 Å². The first kappa shape index (κ1) is 26.1. The van der Waals surface area contributed by atoms with Crippen molar-refractivity contribution in [2.45, 2.75) is 76.7 Å². The molecule has 0 aromatic heterocycles. The number of halogens is 2. The van der Waals surface area contributed by atoms with Gasteiger partial charge in [0.2, 0.25) is 5.82 Å². The number of ether oxygens (including phenoxy) is 2. The van der Waals surface area contributed by atoms with Crippen LogP contribution in [0.15, 0.2) is 29.2 Å². The van der Waals surface area contributed by atoms with Gasteiger partial charge in [-0.25, -0.2) is 9.18 Å². The van der Waals surface area contributed by atoms with Gasteiger partial charge in [-0.05, 0) is 79.8 Å². The van der Waals surface area contributed by atoms with Crippen LogP contribution in [-0.4, -0.2) is 24.5 Å². The molecule has 1 aliphatic rings. The fourth-order valence-electron chi connectivity index (χ4n) is 4.37. The summed E-state index contributed by atoms with van der Waals surface area (Å²) in [5.41, 5.74) is -0.348. The smallest absolute Gasteiger partial charge is 0.343 e. The standard InChI is InChI=1S/C25H30F2O6S/c1-14(2)18-13-20(16(5)10-22(18)34(29,30)31)32-24(28)17-11-19(26)23(27)21(12-17)33-25(15(3)4)8-6-7-9-25/h10-15H,6-9H2,1-5H3,(H,29,30,31). The van der Waals surface area contributed by atoms with Crippen LogP contribution >= 0.6 is 0 Å². The maximum Gasteiger partial charge on any atom is 0.343 e. The van der Waals surface area contributed by atoms with Crippen molar-refractivity contribution in [2.24, 2.45) is 5.92 Å². The van der Waals surface area contributed by atoms with Crippen LogP contribution in [0.25, 0.3) is 0 Å². The molecule has 186 valence electrons. The van der Waals surface area contributed by atoms with E-state index in [1.807, 2.05) is 13.8 Å². The highest BCUT2D eigenvalue weighted by molar-refractivity contribution is 7.85. The lowest BCUT2D eigenvalue weighted by Gasteiger charge is -2.34. The topological polar surface area (TPSA) is 89.9 Å². The van der Waals surface area contributed by atoms with Gasteiger partial charge in [-0.1, -0.05) is 27.7 Å². The molecule has 2 aromatic rings. The molecule has 0 bridgehead atoms. The number of esters is 1. The SMILES string of the molecule is Cc1cc(S(=O)(=O)O)c(C(C)C)cc1OC(=O)c1cc(F)c(F)c(OC2(C(C)C)CCCC2)c1. The van der Waals surface area contributed by atoms with Crippen LogP contribution < -0.4 is 9.47 Å². The van der Waals surface area contributed by atoms with Crippen LogP contribution in [-0.2, 0) is 10.1 Å². The molecule has 1 aliphatic carbocycles. The zero-order chi connectivity index (χ0) is 25.4. The Bertz CT molecular complexity index is 1200. The lowest BCUT2D eigenvalue weighted by molar-refractivity contribution is 0.0243. The van der Waals surface area contributed by atoms with Crippen molar-refractivity contribution in [1.29, 1.82) is 0 Å². The summed E-state index contributed by atoms with van der Waals surface area (Å²) in [5.74, 6) is -3.90. The highest BCUT2D eigenvalue weighted by atomic mass is 32.2. The minimum absolute atomic E-state index is 0.0442. The molecule has 0 aliphatic heterocycles. The van der Waals surface area contributed by atoms with Gasteiger partial charge in [0.25, 0.3) is 10.1 Å². The molecule has 0 spiro atoms. The Morgan fingerprint density at radius 1 is 1.03 bits per heavy atom. The van der Waals surface area contributed by atoms with Crippen LogP contribution in [0.3, 0.4) is 0 Å². The second-order valence-electron chi connectivity index (χ2n) is 9.47. The molecule has 0 radical (unpaired) electrons. The first-order valence-electron chi connectivity index (χ1n) is 11.3. The molecular weight excluding hydrogens is 466 g/mol. The molecule has 3 rings (SSSR count). The maximum atomic E-state index is 14.6. The lowest BCUT2D eigenvalue weighted by atomic mass is 9.88. The zero-order valence-corrected chi connectivity index (χ0v) is 20.8. The van der Waals surface area contributed by atoms with Crippen molar-refractivity contribution in [2.75, 3.05) is 0 Å². The molecule has 9 heteroatoms. The van der Waals surface area contributed by atoms with E-state index in [-0.39, 0.29) is 44.9 Å². The number of aryl methyl sites for hydroxylation is 1. The molecule has 1 saturated carbocycles. The molecule has 6 nitrogen and oxygen atoms in total. The number of benzene rings is 2. The van der Waals surface area contributed by atoms with Crippen LogP contribution in [0.1, 0.15) is 80.8 Å². The summed E-state index contributed by atoms with van der Waals surface area (Å²) in [7, 11) is -4.49. The summed E-state index contributed by atoms with van der Waals surface area (Å²) in [6, 6.07) is 4.44. The van der Waals surface area contributed by atoms with Crippen molar-refractivity contribution in [3.63, 3.8) is 0 Å². The van der Waals surface area contributed by atoms with Gasteiger partial charge in [0.05, 0.1) is 10.5 Å². The number of hydrogen-bond donors (Lipinski definition) is 1. The summed E-state index contributed by atoms with van der Waals surface area (Å²) in [6.07, 6.45) is 3.25. The van der Waals surface area contributed by atoms with Gasteiger partial charge in [-0.2, -0.15) is 12.8 Å². The molecule has 2 aromatic carbocycles. The van der Waals surface area contributed by atoms with E-state index in [4.69, 9.17) is 9.47 Å². The molecular formula is C25H30F2O6S. The van der Waals surface area contributed by atoms with Crippen LogP contribution in [0.2, 0.25) is 0 Å². The summed E-state index contributed by atoms with van der Waals surface area (Å²) < 4.78 is 73.4. The van der Waals surface area contributed by atoms with Crippen LogP contribution in [0.4, 0.5) is 8.78 Å². The first-order chi connectivity index (χ1) is 15.7. The predicted octanol–water partition coefficient (Wildman–Crippen LogP) is 6.21. The zero-order valence-electron chi connectivity index (χ0n) is 19.9. The third kappa shape index (κ3) is 5.25. The van der Waals surface area contributed by atoms with E-state index in [9.17, 15) is 26.5 Å². The van der Waals surface area contributed by atoms with E-state index in [1.54, 1.807) is 13.8 Å². The number of carbonyl (C=O) groups is 1. The largest absolute Gasteiger partial charge is 0.484 e. The summed E-state index contributed by atoms with van der Waals surface area (Å²) in [6.45, 7) is 8.87. The maximum absolute atomic E-state index is 14.6. The molecule has 0 saturated heterocycles.